The molecule has 0 heterocycles. The maximum absolute atomic E-state index is 8.43. The van der Waals surface area contributed by atoms with Gasteiger partial charge in [0.1, 0.15) is 6.23 Å². The van der Waals surface area contributed by atoms with Crippen LogP contribution in [0.2, 0.25) is 0 Å². The molecule has 0 aliphatic rings. The summed E-state index contributed by atoms with van der Waals surface area (Å²) in [6.45, 7) is 2.92. The van der Waals surface area contributed by atoms with Gasteiger partial charge >= 0.3 is 0 Å². The molecule has 0 rings (SSSR count). The normalized spacial score (nSPS) is 13.9. The number of rotatable bonds is 4. The Kier molecular flexibility index (Phi) is 4.95. The number of aliphatic hydroxyl groups excluding tert-OH is 1. The van der Waals surface area contributed by atoms with Crippen molar-refractivity contribution in [1.82, 2.24) is 0 Å². The van der Waals surface area contributed by atoms with E-state index in [9.17, 15) is 0 Å². The molecule has 3 N–H and O–H groups in total. The maximum Gasteiger partial charge on any atom is 0.126 e. The van der Waals surface area contributed by atoms with Gasteiger partial charge in [-0.3, -0.25) is 0 Å². The third-order valence-corrected chi connectivity index (χ3v) is 0.637. The van der Waals surface area contributed by atoms with Gasteiger partial charge in [-0.05, 0) is 6.42 Å². The lowest BCUT2D eigenvalue weighted by Gasteiger charge is -2.02. The number of ether oxygens (including phenoxy) is 1. The second kappa shape index (κ2) is 5.03. The second-order valence-electron chi connectivity index (χ2n) is 1.64. The Morgan fingerprint density at radius 1 is 1.75 bits per heavy atom. The van der Waals surface area contributed by atoms with Gasteiger partial charge in [-0.25, -0.2) is 0 Å². The Labute approximate surface area is 49.4 Å². The molecule has 0 saturated heterocycles. The number of hydrogen-bond acceptors (Lipinski definition) is 3. The summed E-state index contributed by atoms with van der Waals surface area (Å²) in [6, 6.07) is 0. The fourth-order valence-corrected chi connectivity index (χ4v) is 0.348. The molecule has 0 saturated carbocycles. The third kappa shape index (κ3) is 5.88. The molecule has 0 fully saturated rings. The van der Waals surface area contributed by atoms with Crippen molar-refractivity contribution in [2.75, 3.05) is 13.2 Å². The van der Waals surface area contributed by atoms with Crippen molar-refractivity contribution in [3.8, 4) is 0 Å². The molecule has 0 aliphatic heterocycles. The average Bonchev–Trinajstić information content (AvgIpc) is 1.66. The fraction of sp³-hybridized carbons (Fsp3) is 1.00. The van der Waals surface area contributed by atoms with Crippen molar-refractivity contribution in [3.63, 3.8) is 0 Å². The molecule has 0 bridgehead atoms. The number of nitrogens with two attached hydrogens (primary N) is 1. The van der Waals surface area contributed by atoms with E-state index >= 15 is 0 Å². The van der Waals surface area contributed by atoms with Crippen LogP contribution in [0.15, 0.2) is 0 Å². The topological polar surface area (TPSA) is 55.5 Å². The first-order valence-electron chi connectivity index (χ1n) is 2.78. The summed E-state index contributed by atoms with van der Waals surface area (Å²) < 4.78 is 4.87. The molecule has 1 atom stereocenters. The van der Waals surface area contributed by atoms with E-state index in [1.165, 1.54) is 0 Å². The lowest BCUT2D eigenvalue weighted by Crippen LogP contribution is -2.25. The summed E-state index contributed by atoms with van der Waals surface area (Å²) in [4.78, 5) is 0. The SMILES string of the molecule is CCCOCC(N)O. The lowest BCUT2D eigenvalue weighted by atomic mass is 10.5. The predicted octanol–water partition coefficient (Wildman–Crippen LogP) is -0.310. The zero-order valence-electron chi connectivity index (χ0n) is 5.13. The van der Waals surface area contributed by atoms with Crippen LogP contribution in [0.5, 0.6) is 0 Å². The first-order chi connectivity index (χ1) is 3.77. The lowest BCUT2D eigenvalue weighted by molar-refractivity contribution is 0.0405. The van der Waals surface area contributed by atoms with Crippen LogP contribution in [0.3, 0.4) is 0 Å². The van der Waals surface area contributed by atoms with Crippen LogP contribution in [0, 0.1) is 0 Å². The minimum absolute atomic E-state index is 0.244. The van der Waals surface area contributed by atoms with Crippen molar-refractivity contribution in [2.45, 2.75) is 19.6 Å². The summed E-state index contributed by atoms with van der Waals surface area (Å²) in [7, 11) is 0. The molecule has 3 nitrogen and oxygen atoms in total. The van der Waals surface area contributed by atoms with E-state index in [2.05, 4.69) is 0 Å². The average molecular weight is 119 g/mol. The molecule has 0 aliphatic carbocycles. The van der Waals surface area contributed by atoms with Gasteiger partial charge in [0.2, 0.25) is 0 Å². The highest BCUT2D eigenvalue weighted by Crippen LogP contribution is 1.79. The zero-order valence-corrected chi connectivity index (χ0v) is 5.13. The van der Waals surface area contributed by atoms with Crippen molar-refractivity contribution in [3.05, 3.63) is 0 Å². The van der Waals surface area contributed by atoms with Crippen molar-refractivity contribution < 1.29 is 9.84 Å². The molecular weight excluding hydrogens is 106 g/mol. The van der Waals surface area contributed by atoms with Crippen LogP contribution in [-0.4, -0.2) is 24.5 Å². The Morgan fingerprint density at radius 3 is 2.75 bits per heavy atom. The summed E-state index contributed by atoms with van der Waals surface area (Å²) in [5.74, 6) is 0. The highest BCUT2D eigenvalue weighted by atomic mass is 16.5. The maximum atomic E-state index is 8.43. The van der Waals surface area contributed by atoms with Crippen molar-refractivity contribution in [1.29, 1.82) is 0 Å². The monoisotopic (exact) mass is 119 g/mol. The van der Waals surface area contributed by atoms with Gasteiger partial charge in [0.15, 0.2) is 0 Å². The molecule has 0 amide bonds. The number of aliphatic hydroxyl groups is 1. The van der Waals surface area contributed by atoms with E-state index in [0.29, 0.717) is 6.61 Å². The van der Waals surface area contributed by atoms with E-state index in [-0.39, 0.29) is 6.61 Å². The van der Waals surface area contributed by atoms with Gasteiger partial charge < -0.3 is 15.6 Å². The van der Waals surface area contributed by atoms with Gasteiger partial charge in [-0.15, -0.1) is 0 Å². The molecule has 8 heavy (non-hydrogen) atoms. The highest BCUT2D eigenvalue weighted by Gasteiger charge is 1.91. The molecule has 0 spiro atoms. The van der Waals surface area contributed by atoms with Gasteiger partial charge in [0.05, 0.1) is 6.61 Å². The van der Waals surface area contributed by atoms with Crippen molar-refractivity contribution >= 4 is 0 Å². The molecule has 0 aromatic carbocycles. The van der Waals surface area contributed by atoms with E-state index in [0.717, 1.165) is 6.42 Å². The van der Waals surface area contributed by atoms with Gasteiger partial charge in [0.25, 0.3) is 0 Å². The highest BCUT2D eigenvalue weighted by molar-refractivity contribution is 4.37. The van der Waals surface area contributed by atoms with Crippen LogP contribution in [0.4, 0.5) is 0 Å². The Morgan fingerprint density at radius 2 is 2.38 bits per heavy atom. The standard InChI is InChI=1S/C5H13NO2/c1-2-3-8-4-5(6)7/h5,7H,2-4,6H2,1H3. The quantitative estimate of drug-likeness (QED) is 0.394. The van der Waals surface area contributed by atoms with Crippen LogP contribution >= 0.6 is 0 Å². The number of hydrogen-bond donors (Lipinski definition) is 2. The molecule has 3 heteroatoms. The van der Waals surface area contributed by atoms with Gasteiger partial charge in [-0.2, -0.15) is 0 Å². The summed E-state index contributed by atoms with van der Waals surface area (Å²) in [6.07, 6.45) is 0.147. The van der Waals surface area contributed by atoms with E-state index in [1.54, 1.807) is 0 Å². The van der Waals surface area contributed by atoms with Crippen LogP contribution < -0.4 is 5.73 Å². The second-order valence-corrected chi connectivity index (χ2v) is 1.64. The Bertz CT molecular complexity index is 47.7. The smallest absolute Gasteiger partial charge is 0.126 e. The van der Waals surface area contributed by atoms with Crippen molar-refractivity contribution in [2.24, 2.45) is 5.73 Å². The largest absolute Gasteiger partial charge is 0.377 e. The van der Waals surface area contributed by atoms with Gasteiger partial charge in [-0.1, -0.05) is 6.92 Å². The molecule has 0 aromatic heterocycles. The molecule has 0 aromatic rings. The fourth-order valence-electron chi connectivity index (χ4n) is 0.348. The third-order valence-electron chi connectivity index (χ3n) is 0.637. The summed E-state index contributed by atoms with van der Waals surface area (Å²) >= 11 is 0. The summed E-state index contributed by atoms with van der Waals surface area (Å²) in [5.41, 5.74) is 4.96. The minimum atomic E-state index is -0.818. The Hall–Kier alpha value is -0.120. The van der Waals surface area contributed by atoms with Crippen LogP contribution in [0.1, 0.15) is 13.3 Å². The first kappa shape index (κ1) is 7.88. The molecule has 0 radical (unpaired) electrons. The Balaban J connectivity index is 2.72. The van der Waals surface area contributed by atoms with E-state index in [4.69, 9.17) is 15.6 Å². The zero-order chi connectivity index (χ0) is 6.41. The summed E-state index contributed by atoms with van der Waals surface area (Å²) in [5, 5.41) is 8.43. The van der Waals surface area contributed by atoms with Crippen LogP contribution in [0.25, 0.3) is 0 Å². The van der Waals surface area contributed by atoms with E-state index in [1.807, 2.05) is 6.92 Å². The van der Waals surface area contributed by atoms with E-state index < -0.39 is 6.23 Å². The molecule has 50 valence electrons. The molecule has 1 unspecified atom stereocenters. The molecular formula is C5H13NO2. The van der Waals surface area contributed by atoms with Crippen LogP contribution in [-0.2, 0) is 4.74 Å². The van der Waals surface area contributed by atoms with Gasteiger partial charge in [0, 0.05) is 6.61 Å². The predicted molar refractivity (Wildman–Crippen MR) is 31.3 cm³/mol. The first-order valence-corrected chi connectivity index (χ1v) is 2.78. The minimum Gasteiger partial charge on any atom is -0.377 e.